The summed E-state index contributed by atoms with van der Waals surface area (Å²) in [5.41, 5.74) is 10.8. The first-order chi connectivity index (χ1) is 9.65. The maximum Gasteiger partial charge on any atom is 0.0461 e. The van der Waals surface area contributed by atoms with Crippen molar-refractivity contribution in [2.45, 2.75) is 19.9 Å². The van der Waals surface area contributed by atoms with Crippen molar-refractivity contribution in [3.05, 3.63) is 58.1 Å². The molecule has 2 N–H and O–H groups in total. The molecule has 1 aliphatic rings. The van der Waals surface area contributed by atoms with Gasteiger partial charge in [0.05, 0.1) is 0 Å². The van der Waals surface area contributed by atoms with Crippen molar-refractivity contribution >= 4 is 27.3 Å². The summed E-state index contributed by atoms with van der Waals surface area (Å²) in [6, 6.07) is 14.8. The van der Waals surface area contributed by atoms with Crippen LogP contribution in [-0.2, 0) is 13.0 Å². The van der Waals surface area contributed by atoms with Crippen LogP contribution in [0.5, 0.6) is 0 Å². The molecule has 1 heterocycles. The highest BCUT2D eigenvalue weighted by Gasteiger charge is 2.21. The number of para-hydroxylation sites is 1. The van der Waals surface area contributed by atoms with Crippen molar-refractivity contribution in [3.63, 3.8) is 0 Å². The minimum absolute atomic E-state index is 0.685. The van der Waals surface area contributed by atoms with Gasteiger partial charge in [0.1, 0.15) is 0 Å². The van der Waals surface area contributed by atoms with Gasteiger partial charge in [0.2, 0.25) is 0 Å². The molecule has 0 fully saturated rings. The fraction of sp³-hybridized carbons (Fsp3) is 0.294. The number of hydrogen-bond acceptors (Lipinski definition) is 2. The van der Waals surface area contributed by atoms with Gasteiger partial charge in [-0.3, -0.25) is 0 Å². The molecule has 0 radical (unpaired) electrons. The Morgan fingerprint density at radius 3 is 2.85 bits per heavy atom. The average molecular weight is 331 g/mol. The van der Waals surface area contributed by atoms with Crippen LogP contribution in [0.2, 0.25) is 0 Å². The molecular formula is C17H19BrN2. The molecule has 0 aliphatic carbocycles. The van der Waals surface area contributed by atoms with Crippen molar-refractivity contribution in [2.24, 2.45) is 5.92 Å². The van der Waals surface area contributed by atoms with E-state index in [0.717, 1.165) is 23.2 Å². The number of nitrogens with zero attached hydrogens (tertiary/aromatic N) is 1. The van der Waals surface area contributed by atoms with Crippen molar-refractivity contribution in [3.8, 4) is 0 Å². The molecule has 2 aromatic rings. The van der Waals surface area contributed by atoms with E-state index in [1.54, 1.807) is 0 Å². The first-order valence-electron chi connectivity index (χ1n) is 7.01. The summed E-state index contributed by atoms with van der Waals surface area (Å²) in [6.45, 7) is 4.31. The van der Waals surface area contributed by atoms with Gasteiger partial charge in [-0.15, -0.1) is 0 Å². The number of nitrogens with two attached hydrogens (primary N) is 1. The Morgan fingerprint density at radius 1 is 1.20 bits per heavy atom. The zero-order chi connectivity index (χ0) is 14.1. The summed E-state index contributed by atoms with van der Waals surface area (Å²) < 4.78 is 1.02. The van der Waals surface area contributed by atoms with E-state index in [1.165, 1.54) is 23.2 Å². The zero-order valence-electron chi connectivity index (χ0n) is 11.6. The van der Waals surface area contributed by atoms with Crippen LogP contribution < -0.4 is 10.6 Å². The summed E-state index contributed by atoms with van der Waals surface area (Å²) in [7, 11) is 0. The fourth-order valence-corrected chi connectivity index (χ4v) is 3.37. The van der Waals surface area contributed by atoms with E-state index in [1.807, 2.05) is 12.1 Å². The number of fused-ring (bicyclic) bond motifs is 1. The summed E-state index contributed by atoms with van der Waals surface area (Å²) in [6.07, 6.45) is 1.17. The molecule has 2 nitrogen and oxygen atoms in total. The second-order valence-electron chi connectivity index (χ2n) is 5.64. The molecule has 3 heteroatoms. The van der Waals surface area contributed by atoms with Gasteiger partial charge >= 0.3 is 0 Å². The zero-order valence-corrected chi connectivity index (χ0v) is 13.2. The number of anilines is 2. The summed E-state index contributed by atoms with van der Waals surface area (Å²) in [5.74, 6) is 0.685. The number of nitrogen functional groups attached to an aromatic ring is 1. The summed E-state index contributed by atoms with van der Waals surface area (Å²) in [4.78, 5) is 2.46. The Morgan fingerprint density at radius 2 is 2.00 bits per heavy atom. The molecule has 104 valence electrons. The molecule has 0 saturated carbocycles. The van der Waals surface area contributed by atoms with Crippen LogP contribution in [0, 0.1) is 5.92 Å². The topological polar surface area (TPSA) is 29.3 Å². The van der Waals surface area contributed by atoms with Gasteiger partial charge in [0, 0.05) is 28.9 Å². The molecule has 20 heavy (non-hydrogen) atoms. The van der Waals surface area contributed by atoms with Gasteiger partial charge in [0.15, 0.2) is 0 Å². The van der Waals surface area contributed by atoms with Crippen molar-refractivity contribution in [2.75, 3.05) is 17.2 Å². The minimum Gasteiger partial charge on any atom is -0.398 e. The maximum atomic E-state index is 5.98. The molecule has 1 atom stereocenters. The Hall–Kier alpha value is -1.48. The molecular weight excluding hydrogens is 312 g/mol. The largest absolute Gasteiger partial charge is 0.398 e. The Balaban J connectivity index is 1.93. The third-order valence-corrected chi connectivity index (χ3v) is 4.87. The van der Waals surface area contributed by atoms with Crippen LogP contribution in [0.4, 0.5) is 11.4 Å². The van der Waals surface area contributed by atoms with Crippen molar-refractivity contribution in [1.29, 1.82) is 0 Å². The highest BCUT2D eigenvalue weighted by Crippen LogP contribution is 2.32. The van der Waals surface area contributed by atoms with E-state index >= 15 is 0 Å². The molecule has 0 saturated heterocycles. The third kappa shape index (κ3) is 2.55. The minimum atomic E-state index is 0.685. The number of halogens is 1. The first kappa shape index (κ1) is 13.5. The van der Waals surface area contributed by atoms with Crippen molar-refractivity contribution in [1.82, 2.24) is 0 Å². The second kappa shape index (κ2) is 5.49. The van der Waals surface area contributed by atoms with Crippen LogP contribution in [0.3, 0.4) is 0 Å². The van der Waals surface area contributed by atoms with E-state index in [0.29, 0.717) is 5.92 Å². The lowest BCUT2D eigenvalue weighted by Crippen LogP contribution is -2.33. The van der Waals surface area contributed by atoms with Crippen molar-refractivity contribution < 1.29 is 0 Å². The van der Waals surface area contributed by atoms with E-state index in [2.05, 4.69) is 58.1 Å². The standard InChI is InChI=1S/C17H19BrN2/c1-12-9-13-5-2-3-8-16(13)20(10-12)11-14-6-4-7-15(19)17(14)18/h2-8,12H,9-11,19H2,1H3. The molecule has 0 aromatic heterocycles. The first-order valence-corrected chi connectivity index (χ1v) is 7.80. The van der Waals surface area contributed by atoms with Crippen LogP contribution in [-0.4, -0.2) is 6.54 Å². The van der Waals surface area contributed by atoms with E-state index in [4.69, 9.17) is 5.73 Å². The van der Waals surface area contributed by atoms with Gasteiger partial charge in [0.25, 0.3) is 0 Å². The lowest BCUT2D eigenvalue weighted by atomic mass is 9.93. The van der Waals surface area contributed by atoms with Crippen LogP contribution in [0.25, 0.3) is 0 Å². The highest BCUT2D eigenvalue weighted by molar-refractivity contribution is 9.10. The van der Waals surface area contributed by atoms with Gasteiger partial charge in [-0.25, -0.2) is 0 Å². The van der Waals surface area contributed by atoms with Gasteiger partial charge < -0.3 is 10.6 Å². The lowest BCUT2D eigenvalue weighted by Gasteiger charge is -2.35. The Labute approximate surface area is 128 Å². The number of hydrogen-bond donors (Lipinski definition) is 1. The molecule has 0 bridgehead atoms. The molecule has 0 spiro atoms. The summed E-state index contributed by atoms with van der Waals surface area (Å²) >= 11 is 3.61. The maximum absolute atomic E-state index is 5.98. The molecule has 2 aromatic carbocycles. The predicted octanol–water partition coefficient (Wildman–Crippen LogP) is 4.23. The molecule has 3 rings (SSSR count). The number of rotatable bonds is 2. The van der Waals surface area contributed by atoms with Crippen LogP contribution >= 0.6 is 15.9 Å². The third-order valence-electron chi connectivity index (χ3n) is 3.90. The second-order valence-corrected chi connectivity index (χ2v) is 6.43. The summed E-state index contributed by atoms with van der Waals surface area (Å²) in [5, 5.41) is 0. The van der Waals surface area contributed by atoms with Crippen LogP contribution in [0.15, 0.2) is 46.9 Å². The number of benzene rings is 2. The predicted molar refractivity (Wildman–Crippen MR) is 88.9 cm³/mol. The van der Waals surface area contributed by atoms with E-state index in [-0.39, 0.29) is 0 Å². The monoisotopic (exact) mass is 330 g/mol. The Kier molecular flexibility index (Phi) is 3.70. The van der Waals surface area contributed by atoms with Gasteiger partial charge in [-0.2, -0.15) is 0 Å². The molecule has 1 aliphatic heterocycles. The normalized spacial score (nSPS) is 17.9. The quantitative estimate of drug-likeness (QED) is 0.835. The van der Waals surface area contributed by atoms with Gasteiger partial charge in [-0.05, 0) is 51.5 Å². The molecule has 0 amide bonds. The van der Waals surface area contributed by atoms with Gasteiger partial charge in [-0.1, -0.05) is 37.3 Å². The average Bonchev–Trinajstić information content (AvgIpc) is 2.43. The van der Waals surface area contributed by atoms with E-state index in [9.17, 15) is 0 Å². The lowest BCUT2D eigenvalue weighted by molar-refractivity contribution is 0.530. The van der Waals surface area contributed by atoms with E-state index < -0.39 is 0 Å². The SMILES string of the molecule is CC1Cc2ccccc2N(Cc2cccc(N)c2Br)C1. The smallest absolute Gasteiger partial charge is 0.0461 e. The van der Waals surface area contributed by atoms with Crippen LogP contribution in [0.1, 0.15) is 18.1 Å². The fourth-order valence-electron chi connectivity index (χ4n) is 2.98. The highest BCUT2D eigenvalue weighted by atomic mass is 79.9. The molecule has 1 unspecified atom stereocenters. The Bertz CT molecular complexity index is 624.